The molecule has 1 N–H and O–H groups in total. The molecule has 0 unspecified atom stereocenters. The van der Waals surface area contributed by atoms with Crippen molar-refractivity contribution in [2.75, 3.05) is 19.6 Å². The second-order valence-electron chi connectivity index (χ2n) is 4.17. The Morgan fingerprint density at radius 1 is 1.23 bits per heavy atom. The molecule has 78 valence electrons. The van der Waals surface area contributed by atoms with Crippen LogP contribution in [0.3, 0.4) is 0 Å². The summed E-state index contributed by atoms with van der Waals surface area (Å²) in [7, 11) is -1.29. The summed E-state index contributed by atoms with van der Waals surface area (Å²) < 4.78 is 0. The number of carbonyl (C=O) groups is 1. The third-order valence-corrected chi connectivity index (χ3v) is 3.12. The van der Waals surface area contributed by atoms with Crippen LogP contribution in [0.4, 0.5) is 0 Å². The molecule has 0 saturated carbocycles. The average molecular weight is 202 g/mol. The fraction of sp³-hybridized carbons (Fsp3) is 0.889. The molecular weight excluding hydrogens is 180 g/mol. The van der Waals surface area contributed by atoms with Crippen molar-refractivity contribution in [3.05, 3.63) is 0 Å². The molecular formula is C9H22N2OSi. The molecule has 0 heterocycles. The number of amides is 1. The van der Waals surface area contributed by atoms with Gasteiger partial charge >= 0.3 is 0 Å². The molecule has 0 aromatic heterocycles. The highest BCUT2D eigenvalue weighted by atomic mass is 28.3. The van der Waals surface area contributed by atoms with Crippen LogP contribution in [-0.4, -0.2) is 38.7 Å². The summed E-state index contributed by atoms with van der Waals surface area (Å²) in [6.45, 7) is 12.7. The highest BCUT2D eigenvalue weighted by Gasteiger charge is 2.16. The lowest BCUT2D eigenvalue weighted by Gasteiger charge is -2.22. The molecule has 4 heteroatoms. The molecule has 0 aliphatic rings. The van der Waals surface area contributed by atoms with Crippen molar-refractivity contribution >= 4 is 14.1 Å². The van der Waals surface area contributed by atoms with Crippen molar-refractivity contribution in [3.63, 3.8) is 0 Å². The minimum absolute atomic E-state index is 0.215. The van der Waals surface area contributed by atoms with Gasteiger partial charge in [0.1, 0.15) is 8.24 Å². The molecule has 0 fully saturated rings. The lowest BCUT2D eigenvalue weighted by atomic mass is 10.4. The molecule has 0 aromatic carbocycles. The topological polar surface area (TPSA) is 32.3 Å². The van der Waals surface area contributed by atoms with Gasteiger partial charge in [-0.3, -0.25) is 4.79 Å². The first-order valence-corrected chi connectivity index (χ1v) is 8.43. The van der Waals surface area contributed by atoms with Gasteiger partial charge < -0.3 is 9.88 Å². The number of hydrogen-bond acceptors (Lipinski definition) is 2. The average Bonchev–Trinajstić information content (AvgIpc) is 2.02. The molecule has 0 radical (unpaired) electrons. The highest BCUT2D eigenvalue weighted by Crippen LogP contribution is 1.94. The predicted octanol–water partition coefficient (Wildman–Crippen LogP) is 1.28. The molecule has 0 bridgehead atoms. The molecule has 0 atom stereocenters. The molecule has 0 rings (SSSR count). The van der Waals surface area contributed by atoms with Gasteiger partial charge in [0.2, 0.25) is 5.91 Å². The van der Waals surface area contributed by atoms with Gasteiger partial charge in [-0.15, -0.1) is 0 Å². The van der Waals surface area contributed by atoms with Crippen LogP contribution in [0.2, 0.25) is 19.6 Å². The Labute approximate surface area is 82.6 Å². The van der Waals surface area contributed by atoms with Gasteiger partial charge in [-0.1, -0.05) is 19.6 Å². The maximum absolute atomic E-state index is 11.5. The van der Waals surface area contributed by atoms with E-state index in [9.17, 15) is 4.79 Å². The Morgan fingerprint density at radius 3 is 2.00 bits per heavy atom. The van der Waals surface area contributed by atoms with E-state index in [0.29, 0.717) is 6.54 Å². The smallest absolute Gasteiger partial charge is 0.235 e. The third kappa shape index (κ3) is 5.82. The third-order valence-electron chi connectivity index (χ3n) is 1.89. The summed E-state index contributed by atoms with van der Waals surface area (Å²) in [6, 6.07) is 0. The largest absolute Gasteiger partial charge is 0.342 e. The van der Waals surface area contributed by atoms with Crippen molar-refractivity contribution in [1.82, 2.24) is 9.88 Å². The Balaban J connectivity index is 3.86. The molecule has 3 nitrogen and oxygen atoms in total. The number of rotatable bonds is 5. The standard InChI is InChI=1S/C9H22N2OSi/c1-6-11(7-2)9(12)8-10-13(3,4)5/h10H,6-8H2,1-5H3. The monoisotopic (exact) mass is 202 g/mol. The zero-order valence-corrected chi connectivity index (χ0v) is 10.5. The summed E-state index contributed by atoms with van der Waals surface area (Å²) in [4.78, 5) is 16.7. The van der Waals surface area contributed by atoms with Crippen LogP contribution in [0.15, 0.2) is 0 Å². The summed E-state index contributed by atoms with van der Waals surface area (Å²) >= 11 is 0. The SMILES string of the molecule is CCN(CC)C(=O)CN[Si](C)(C)C. The molecule has 0 spiro atoms. The van der Waals surface area contributed by atoms with E-state index < -0.39 is 8.24 Å². The van der Waals surface area contributed by atoms with Gasteiger partial charge in [0.25, 0.3) is 0 Å². The minimum Gasteiger partial charge on any atom is -0.342 e. The predicted molar refractivity (Wildman–Crippen MR) is 59.3 cm³/mol. The fourth-order valence-corrected chi connectivity index (χ4v) is 1.71. The molecule has 13 heavy (non-hydrogen) atoms. The van der Waals surface area contributed by atoms with Crippen LogP contribution >= 0.6 is 0 Å². The molecule has 0 saturated heterocycles. The van der Waals surface area contributed by atoms with Crippen LogP contribution < -0.4 is 4.98 Å². The summed E-state index contributed by atoms with van der Waals surface area (Å²) in [5.41, 5.74) is 0. The minimum atomic E-state index is -1.29. The molecule has 0 aromatic rings. The van der Waals surface area contributed by atoms with Gasteiger partial charge in [-0.2, -0.15) is 0 Å². The van der Waals surface area contributed by atoms with E-state index in [0.717, 1.165) is 13.1 Å². The van der Waals surface area contributed by atoms with Gasteiger partial charge in [-0.25, -0.2) is 0 Å². The van der Waals surface area contributed by atoms with Crippen molar-refractivity contribution in [3.8, 4) is 0 Å². The second kappa shape index (κ2) is 5.39. The van der Waals surface area contributed by atoms with Crippen molar-refractivity contribution in [1.29, 1.82) is 0 Å². The quantitative estimate of drug-likeness (QED) is 0.681. The van der Waals surface area contributed by atoms with Gasteiger partial charge in [0.15, 0.2) is 0 Å². The Kier molecular flexibility index (Phi) is 5.25. The first kappa shape index (κ1) is 12.6. The Hall–Kier alpha value is -0.353. The van der Waals surface area contributed by atoms with Crippen LogP contribution in [0.25, 0.3) is 0 Å². The van der Waals surface area contributed by atoms with E-state index in [2.05, 4.69) is 24.6 Å². The lowest BCUT2D eigenvalue weighted by molar-refractivity contribution is -0.129. The van der Waals surface area contributed by atoms with Crippen LogP contribution in [0, 0.1) is 0 Å². The molecule has 0 aliphatic carbocycles. The maximum Gasteiger partial charge on any atom is 0.235 e. The normalized spacial score (nSPS) is 11.5. The number of nitrogens with one attached hydrogen (secondary N) is 1. The number of likely N-dealkylation sites (N-methyl/N-ethyl adjacent to an activating group) is 1. The fourth-order valence-electron chi connectivity index (χ4n) is 1.03. The van der Waals surface area contributed by atoms with E-state index >= 15 is 0 Å². The van der Waals surface area contributed by atoms with Gasteiger partial charge in [-0.05, 0) is 13.8 Å². The van der Waals surface area contributed by atoms with Crippen LogP contribution in [-0.2, 0) is 4.79 Å². The summed E-state index contributed by atoms with van der Waals surface area (Å²) in [6.07, 6.45) is 0. The van der Waals surface area contributed by atoms with E-state index in [-0.39, 0.29) is 5.91 Å². The van der Waals surface area contributed by atoms with E-state index in [1.54, 1.807) is 0 Å². The van der Waals surface area contributed by atoms with Crippen molar-refractivity contribution < 1.29 is 4.79 Å². The molecule has 0 aliphatic heterocycles. The lowest BCUT2D eigenvalue weighted by Crippen LogP contribution is -2.47. The number of hydrogen-bond donors (Lipinski definition) is 1. The second-order valence-corrected chi connectivity index (χ2v) is 9.02. The number of nitrogens with zero attached hydrogens (tertiary/aromatic N) is 1. The van der Waals surface area contributed by atoms with E-state index in [1.807, 2.05) is 18.7 Å². The Bertz CT molecular complexity index is 161. The summed E-state index contributed by atoms with van der Waals surface area (Å²) in [5, 5.41) is 0. The zero-order chi connectivity index (χ0) is 10.5. The van der Waals surface area contributed by atoms with E-state index in [1.165, 1.54) is 0 Å². The highest BCUT2D eigenvalue weighted by molar-refractivity contribution is 6.73. The maximum atomic E-state index is 11.5. The number of carbonyl (C=O) groups excluding carboxylic acids is 1. The van der Waals surface area contributed by atoms with Crippen molar-refractivity contribution in [2.24, 2.45) is 0 Å². The van der Waals surface area contributed by atoms with Crippen LogP contribution in [0.5, 0.6) is 0 Å². The van der Waals surface area contributed by atoms with Gasteiger partial charge in [0, 0.05) is 13.1 Å². The molecule has 1 amide bonds. The zero-order valence-electron chi connectivity index (χ0n) is 9.48. The van der Waals surface area contributed by atoms with Crippen molar-refractivity contribution in [2.45, 2.75) is 33.5 Å². The summed E-state index contributed by atoms with van der Waals surface area (Å²) in [5.74, 6) is 0.215. The van der Waals surface area contributed by atoms with E-state index in [4.69, 9.17) is 0 Å². The first-order valence-electron chi connectivity index (χ1n) is 4.93. The van der Waals surface area contributed by atoms with Gasteiger partial charge in [0.05, 0.1) is 6.54 Å². The van der Waals surface area contributed by atoms with Crippen LogP contribution in [0.1, 0.15) is 13.8 Å². The first-order chi connectivity index (χ1) is 5.90. The Morgan fingerprint density at radius 2 is 1.69 bits per heavy atom.